The molecule has 42 heavy (non-hydrogen) atoms. The number of rotatable bonds is 7. The van der Waals surface area contributed by atoms with Crippen molar-refractivity contribution in [3.8, 4) is 5.75 Å². The number of allylic oxidation sites excluding steroid dienone is 1. The Labute approximate surface area is 250 Å². The van der Waals surface area contributed by atoms with Gasteiger partial charge in [0.05, 0.1) is 11.6 Å². The molecule has 0 saturated heterocycles. The minimum Gasteiger partial charge on any atom is -0.510 e. The molecule has 0 aromatic heterocycles. The fourth-order valence-electron chi connectivity index (χ4n) is 7.72. The van der Waals surface area contributed by atoms with E-state index in [0.29, 0.717) is 22.7 Å². The number of phenols is 1. The van der Waals surface area contributed by atoms with Gasteiger partial charge < -0.3 is 31.1 Å². The van der Waals surface area contributed by atoms with Crippen molar-refractivity contribution < 1.29 is 34.8 Å². The molecule has 0 aliphatic heterocycles. The van der Waals surface area contributed by atoms with E-state index >= 15 is 0 Å². The van der Waals surface area contributed by atoms with Gasteiger partial charge in [-0.25, -0.2) is 0 Å². The summed E-state index contributed by atoms with van der Waals surface area (Å²) in [5, 5.41) is 45.4. The largest absolute Gasteiger partial charge is 0.510 e. The Balaban J connectivity index is 1.50. The van der Waals surface area contributed by atoms with Crippen LogP contribution in [0.25, 0.3) is 0 Å². The highest BCUT2D eigenvalue weighted by molar-refractivity contribution is 6.33. The van der Waals surface area contributed by atoms with Crippen molar-refractivity contribution in [1.82, 2.24) is 9.80 Å². The second-order valence-corrected chi connectivity index (χ2v) is 13.1. The smallest absolute Gasteiger partial charge is 0.255 e. The van der Waals surface area contributed by atoms with Gasteiger partial charge in [0.15, 0.2) is 11.4 Å². The van der Waals surface area contributed by atoms with Crippen LogP contribution in [0.5, 0.6) is 5.75 Å². The Morgan fingerprint density at radius 2 is 1.79 bits per heavy atom. The number of carbonyl (C=O) groups excluding carboxylic acids is 3. The SMILES string of the molecule is CN(CCC1CCCCC1)Cc1cc(O)c2c(c1Cl)C[C@H]1C[C@H]3[C@H](N(C)C)C(O)=C(C(N)=O)C(=O)[C@@]3(O)C(O)=C1C2=O. The molecular weight excluding hydrogens is 562 g/mol. The maximum atomic E-state index is 13.8. The van der Waals surface area contributed by atoms with Crippen LogP contribution in [-0.2, 0) is 22.6 Å². The van der Waals surface area contributed by atoms with Gasteiger partial charge in [-0.3, -0.25) is 19.3 Å². The first kappa shape index (κ1) is 30.5. The molecule has 4 aliphatic carbocycles. The van der Waals surface area contributed by atoms with Crippen molar-refractivity contribution in [3.63, 3.8) is 0 Å². The summed E-state index contributed by atoms with van der Waals surface area (Å²) >= 11 is 6.89. The Morgan fingerprint density at radius 1 is 1.12 bits per heavy atom. The van der Waals surface area contributed by atoms with Crippen LogP contribution in [0.4, 0.5) is 0 Å². The number of ketones is 2. The van der Waals surface area contributed by atoms with Crippen molar-refractivity contribution in [2.24, 2.45) is 23.5 Å². The molecule has 1 aromatic carbocycles. The van der Waals surface area contributed by atoms with E-state index in [1.165, 1.54) is 43.1 Å². The van der Waals surface area contributed by atoms with Crippen molar-refractivity contribution in [2.75, 3.05) is 27.7 Å². The standard InChI is InChI=1S/C31H40ClN3O7/c1-34(2)25-19-12-16-11-18-22(26(37)21(16)28(39)31(19,42)29(40)23(27(25)38)30(33)41)20(36)13-17(24(18)32)14-35(3)10-9-15-7-5-4-6-8-15/h13,15-16,19,25,36,38-39,42H,4-12,14H2,1-3H3,(H2,33,41)/t16-,19-,25-,31-/m0/s1. The van der Waals surface area contributed by atoms with Gasteiger partial charge in [-0.15, -0.1) is 0 Å². The number of phenolic OH excluding ortho intramolecular Hbond substituents is 1. The minimum atomic E-state index is -2.66. The zero-order valence-electron chi connectivity index (χ0n) is 24.3. The molecule has 6 N–H and O–H groups in total. The van der Waals surface area contributed by atoms with Crippen LogP contribution in [0.3, 0.4) is 0 Å². The molecule has 1 aromatic rings. The summed E-state index contributed by atoms with van der Waals surface area (Å²) < 4.78 is 0. The number of primary amides is 1. The number of aromatic hydroxyl groups is 1. The first-order valence-corrected chi connectivity index (χ1v) is 15.0. The van der Waals surface area contributed by atoms with Gasteiger partial charge in [0.2, 0.25) is 5.78 Å². The highest BCUT2D eigenvalue weighted by Gasteiger charge is 2.63. The molecule has 4 aliphatic rings. The van der Waals surface area contributed by atoms with Gasteiger partial charge in [-0.05, 0) is 76.0 Å². The van der Waals surface area contributed by atoms with Crippen LogP contribution in [0, 0.1) is 17.8 Å². The summed E-state index contributed by atoms with van der Waals surface area (Å²) in [4.78, 5) is 43.0. The van der Waals surface area contributed by atoms with Crippen molar-refractivity contribution in [1.29, 1.82) is 0 Å². The predicted octanol–water partition coefficient (Wildman–Crippen LogP) is 3.18. The summed E-state index contributed by atoms with van der Waals surface area (Å²) in [5.74, 6) is -6.04. The third-order valence-electron chi connectivity index (χ3n) is 9.81. The fraction of sp³-hybridized carbons (Fsp3) is 0.581. The monoisotopic (exact) mass is 601 g/mol. The van der Waals surface area contributed by atoms with Gasteiger partial charge in [0, 0.05) is 23.1 Å². The first-order valence-electron chi connectivity index (χ1n) is 14.7. The van der Waals surface area contributed by atoms with Crippen LogP contribution < -0.4 is 5.73 Å². The number of aliphatic hydroxyl groups excluding tert-OH is 2. The lowest BCUT2D eigenvalue weighted by Crippen LogP contribution is -2.63. The highest BCUT2D eigenvalue weighted by Crippen LogP contribution is 2.53. The number of benzene rings is 1. The molecule has 1 fully saturated rings. The molecule has 11 heteroatoms. The molecular formula is C31H40ClN3O7. The van der Waals surface area contributed by atoms with Crippen LogP contribution in [0.1, 0.15) is 66.4 Å². The number of hydrogen-bond acceptors (Lipinski definition) is 9. The lowest BCUT2D eigenvalue weighted by molar-refractivity contribution is -0.148. The second kappa shape index (κ2) is 11.3. The molecule has 4 atom stereocenters. The number of nitrogens with zero attached hydrogens (tertiary/aromatic N) is 2. The van der Waals surface area contributed by atoms with E-state index in [4.69, 9.17) is 17.3 Å². The van der Waals surface area contributed by atoms with E-state index in [1.54, 1.807) is 14.1 Å². The Bertz CT molecular complexity index is 1400. The second-order valence-electron chi connectivity index (χ2n) is 12.7. The fourth-order valence-corrected chi connectivity index (χ4v) is 8.00. The van der Waals surface area contributed by atoms with E-state index in [2.05, 4.69) is 4.90 Å². The Morgan fingerprint density at radius 3 is 2.40 bits per heavy atom. The molecule has 10 nitrogen and oxygen atoms in total. The maximum Gasteiger partial charge on any atom is 0.255 e. The Kier molecular flexibility index (Phi) is 8.21. The molecule has 228 valence electrons. The first-order chi connectivity index (χ1) is 19.8. The molecule has 0 bridgehead atoms. The van der Waals surface area contributed by atoms with Crippen LogP contribution in [0.15, 0.2) is 28.7 Å². The quantitative estimate of drug-likeness (QED) is 0.295. The van der Waals surface area contributed by atoms with E-state index < -0.39 is 58.0 Å². The normalized spacial score (nSPS) is 28.3. The highest BCUT2D eigenvalue weighted by atomic mass is 35.5. The zero-order chi connectivity index (χ0) is 30.7. The molecule has 5 rings (SSSR count). The number of fused-ring (bicyclic) bond motifs is 3. The predicted molar refractivity (Wildman–Crippen MR) is 156 cm³/mol. The van der Waals surface area contributed by atoms with Gasteiger partial charge in [-0.2, -0.15) is 0 Å². The van der Waals surface area contributed by atoms with Crippen molar-refractivity contribution in [3.05, 3.63) is 50.4 Å². The van der Waals surface area contributed by atoms with E-state index in [9.17, 15) is 34.8 Å². The number of amides is 1. The Hall–Kier alpha value is -2.92. The summed E-state index contributed by atoms with van der Waals surface area (Å²) in [6, 6.07) is 0.428. The van der Waals surface area contributed by atoms with Crippen LogP contribution in [0.2, 0.25) is 5.02 Å². The van der Waals surface area contributed by atoms with Crippen molar-refractivity contribution >= 4 is 29.1 Å². The van der Waals surface area contributed by atoms with E-state index in [1.807, 2.05) is 7.05 Å². The number of aliphatic hydroxyl groups is 3. The number of halogens is 1. The third kappa shape index (κ3) is 4.82. The molecule has 0 unspecified atom stereocenters. The molecule has 0 spiro atoms. The number of Topliss-reactive ketones (excluding diaryl/α,β-unsaturated/α-hetero) is 2. The maximum absolute atomic E-state index is 13.8. The topological polar surface area (TPSA) is 165 Å². The van der Waals surface area contributed by atoms with Gasteiger partial charge >= 0.3 is 0 Å². The lowest BCUT2D eigenvalue weighted by atomic mass is 9.58. The number of hydrogen-bond donors (Lipinski definition) is 5. The minimum absolute atomic E-state index is 0.0222. The number of carbonyl (C=O) groups is 3. The van der Waals surface area contributed by atoms with Gasteiger partial charge in [-0.1, -0.05) is 43.7 Å². The average molecular weight is 602 g/mol. The average Bonchev–Trinajstić information content (AvgIpc) is 2.92. The van der Waals surface area contributed by atoms with Gasteiger partial charge in [0.25, 0.3) is 5.91 Å². The van der Waals surface area contributed by atoms with E-state index in [-0.39, 0.29) is 29.7 Å². The zero-order valence-corrected chi connectivity index (χ0v) is 25.1. The summed E-state index contributed by atoms with van der Waals surface area (Å²) in [7, 11) is 5.20. The van der Waals surface area contributed by atoms with Gasteiger partial charge in [0.1, 0.15) is 22.8 Å². The third-order valence-corrected chi connectivity index (χ3v) is 10.3. The summed E-state index contributed by atoms with van der Waals surface area (Å²) in [5.41, 5.74) is 2.75. The van der Waals surface area contributed by atoms with Crippen LogP contribution in [-0.4, -0.2) is 87.0 Å². The molecule has 1 saturated carbocycles. The number of nitrogens with two attached hydrogens (primary N) is 1. The lowest BCUT2D eigenvalue weighted by Gasteiger charge is -2.50. The summed E-state index contributed by atoms with van der Waals surface area (Å²) in [6.45, 7) is 1.36. The van der Waals surface area contributed by atoms with E-state index in [0.717, 1.165) is 18.9 Å². The molecule has 0 heterocycles. The summed E-state index contributed by atoms with van der Waals surface area (Å²) in [6.07, 6.45) is 7.67. The van der Waals surface area contributed by atoms with Crippen LogP contribution >= 0.6 is 11.6 Å². The van der Waals surface area contributed by atoms with Crippen molar-refractivity contribution in [2.45, 2.75) is 69.6 Å². The molecule has 1 amide bonds. The number of likely N-dealkylation sites (N-methyl/N-ethyl adjacent to an activating group) is 1. The molecule has 0 radical (unpaired) electrons.